The first-order chi connectivity index (χ1) is 9.90. The molecule has 1 N–H and O–H groups in total. The summed E-state index contributed by atoms with van der Waals surface area (Å²) in [5.41, 5.74) is 1.38. The van der Waals surface area contributed by atoms with Gasteiger partial charge in [0.25, 0.3) is 0 Å². The lowest BCUT2D eigenvalue weighted by Crippen LogP contribution is -2.30. The van der Waals surface area contributed by atoms with Crippen LogP contribution in [0.15, 0.2) is 24.3 Å². The smallest absolute Gasteiger partial charge is 0.119 e. The second-order valence-electron chi connectivity index (χ2n) is 6.14. The van der Waals surface area contributed by atoms with Crippen LogP contribution < -0.4 is 10.1 Å². The van der Waals surface area contributed by atoms with Crippen LogP contribution in [-0.2, 0) is 6.54 Å². The molecule has 22 heavy (non-hydrogen) atoms. The van der Waals surface area contributed by atoms with E-state index in [1.165, 1.54) is 44.3 Å². The molecule has 2 fully saturated rings. The third-order valence-corrected chi connectivity index (χ3v) is 4.45. The molecule has 0 aliphatic carbocycles. The Morgan fingerprint density at radius 1 is 1.09 bits per heavy atom. The summed E-state index contributed by atoms with van der Waals surface area (Å²) in [7, 11) is 0. The predicted molar refractivity (Wildman–Crippen MR) is 96.5 cm³/mol. The van der Waals surface area contributed by atoms with Crippen molar-refractivity contribution in [3.05, 3.63) is 29.8 Å². The maximum atomic E-state index is 6.00. The maximum Gasteiger partial charge on any atom is 0.119 e. The van der Waals surface area contributed by atoms with Crippen molar-refractivity contribution in [1.29, 1.82) is 0 Å². The molecule has 0 radical (unpaired) electrons. The van der Waals surface area contributed by atoms with Gasteiger partial charge in [-0.1, -0.05) is 12.1 Å². The van der Waals surface area contributed by atoms with Crippen LogP contribution in [0, 0.1) is 5.92 Å². The van der Waals surface area contributed by atoms with E-state index in [0.29, 0.717) is 0 Å². The molecule has 2 aliphatic rings. The molecule has 126 valence electrons. The van der Waals surface area contributed by atoms with Gasteiger partial charge in [0.15, 0.2) is 0 Å². The van der Waals surface area contributed by atoms with Gasteiger partial charge < -0.3 is 10.1 Å². The fourth-order valence-electron chi connectivity index (χ4n) is 3.20. The first-order valence-corrected chi connectivity index (χ1v) is 8.05. The summed E-state index contributed by atoms with van der Waals surface area (Å²) in [6.07, 6.45) is 5.19. The summed E-state index contributed by atoms with van der Waals surface area (Å²) in [6.45, 7) is 6.73. The number of halogens is 2. The second-order valence-corrected chi connectivity index (χ2v) is 6.14. The molecule has 5 heteroatoms. The Bertz CT molecular complexity index is 419. The number of hydrogen-bond donors (Lipinski definition) is 1. The van der Waals surface area contributed by atoms with Gasteiger partial charge in [-0.2, -0.15) is 0 Å². The van der Waals surface area contributed by atoms with Crippen molar-refractivity contribution in [3.63, 3.8) is 0 Å². The van der Waals surface area contributed by atoms with Crippen molar-refractivity contribution in [2.45, 2.75) is 32.2 Å². The summed E-state index contributed by atoms with van der Waals surface area (Å²) in [6, 6.07) is 8.66. The minimum Gasteiger partial charge on any atom is -0.493 e. The molecule has 2 saturated heterocycles. The Morgan fingerprint density at radius 3 is 2.55 bits per heavy atom. The summed E-state index contributed by atoms with van der Waals surface area (Å²) in [5, 5.41) is 3.40. The molecule has 0 unspecified atom stereocenters. The molecule has 0 atom stereocenters. The third kappa shape index (κ3) is 5.96. The van der Waals surface area contributed by atoms with E-state index >= 15 is 0 Å². The van der Waals surface area contributed by atoms with Gasteiger partial charge in [-0.3, -0.25) is 4.90 Å². The van der Waals surface area contributed by atoms with Gasteiger partial charge in [0, 0.05) is 6.54 Å². The Hall–Kier alpha value is -0.480. The standard InChI is InChI=1S/C17H26N2O.2ClH/c1-2-11-19(10-1)13-16-4-3-5-17(12-16)20-14-15-6-8-18-9-7-15;;/h3-5,12,15,18H,1-2,6-11,13-14H2;2*1H. The number of hydrogen-bond acceptors (Lipinski definition) is 3. The van der Waals surface area contributed by atoms with Crippen molar-refractivity contribution >= 4 is 24.8 Å². The van der Waals surface area contributed by atoms with E-state index in [1.807, 2.05) is 0 Å². The second kappa shape index (κ2) is 10.3. The van der Waals surface area contributed by atoms with Crippen LogP contribution in [0.3, 0.4) is 0 Å². The topological polar surface area (TPSA) is 24.5 Å². The molecular weight excluding hydrogens is 319 g/mol. The molecule has 2 aliphatic heterocycles. The number of ether oxygens (including phenoxy) is 1. The van der Waals surface area contributed by atoms with Crippen LogP contribution in [0.2, 0.25) is 0 Å². The van der Waals surface area contributed by atoms with Crippen LogP contribution in [0.5, 0.6) is 5.75 Å². The monoisotopic (exact) mass is 346 g/mol. The van der Waals surface area contributed by atoms with Crippen LogP contribution in [0.25, 0.3) is 0 Å². The fourth-order valence-corrected chi connectivity index (χ4v) is 3.20. The zero-order valence-corrected chi connectivity index (χ0v) is 14.8. The molecule has 3 nitrogen and oxygen atoms in total. The number of nitrogens with zero attached hydrogens (tertiary/aromatic N) is 1. The molecule has 2 heterocycles. The van der Waals surface area contributed by atoms with Crippen molar-refractivity contribution in [3.8, 4) is 5.75 Å². The first kappa shape index (κ1) is 19.6. The maximum absolute atomic E-state index is 6.00. The highest BCUT2D eigenvalue weighted by Crippen LogP contribution is 2.19. The van der Waals surface area contributed by atoms with Crippen molar-refractivity contribution in [2.75, 3.05) is 32.8 Å². The van der Waals surface area contributed by atoms with Crippen LogP contribution >= 0.6 is 24.8 Å². The van der Waals surface area contributed by atoms with E-state index in [4.69, 9.17) is 4.74 Å². The van der Waals surface area contributed by atoms with Gasteiger partial charge in [-0.15, -0.1) is 24.8 Å². The van der Waals surface area contributed by atoms with Crippen molar-refractivity contribution in [1.82, 2.24) is 10.2 Å². The molecule has 0 amide bonds. The molecular formula is C17H28Cl2N2O. The Labute approximate surface area is 146 Å². The number of benzene rings is 1. The zero-order valence-electron chi connectivity index (χ0n) is 13.1. The average molecular weight is 347 g/mol. The first-order valence-electron chi connectivity index (χ1n) is 8.05. The summed E-state index contributed by atoms with van der Waals surface area (Å²) in [4.78, 5) is 2.53. The highest BCUT2D eigenvalue weighted by Gasteiger charge is 2.14. The molecule has 1 aromatic carbocycles. The predicted octanol–water partition coefficient (Wildman–Crippen LogP) is 3.50. The molecule has 3 rings (SSSR count). The Balaban J connectivity index is 0.00000121. The van der Waals surface area contributed by atoms with Gasteiger partial charge in [-0.25, -0.2) is 0 Å². The molecule has 0 aromatic heterocycles. The number of nitrogens with one attached hydrogen (secondary N) is 1. The third-order valence-electron chi connectivity index (χ3n) is 4.45. The van der Waals surface area contributed by atoms with Gasteiger partial charge >= 0.3 is 0 Å². The van der Waals surface area contributed by atoms with E-state index in [0.717, 1.165) is 37.9 Å². The Morgan fingerprint density at radius 2 is 1.82 bits per heavy atom. The molecule has 1 aromatic rings. The highest BCUT2D eigenvalue weighted by molar-refractivity contribution is 5.85. The van der Waals surface area contributed by atoms with Crippen molar-refractivity contribution in [2.24, 2.45) is 5.92 Å². The summed E-state index contributed by atoms with van der Waals surface area (Å²) in [5.74, 6) is 1.76. The summed E-state index contributed by atoms with van der Waals surface area (Å²) >= 11 is 0. The van der Waals surface area contributed by atoms with E-state index in [-0.39, 0.29) is 24.8 Å². The fraction of sp³-hybridized carbons (Fsp3) is 0.647. The van der Waals surface area contributed by atoms with Crippen LogP contribution in [-0.4, -0.2) is 37.7 Å². The normalized spacial score (nSPS) is 19.3. The van der Waals surface area contributed by atoms with Gasteiger partial charge in [-0.05, 0) is 75.5 Å². The Kier molecular flexibility index (Phi) is 9.18. The SMILES string of the molecule is Cl.Cl.c1cc(CN2CCCC2)cc(OCC2CCNCC2)c1. The highest BCUT2D eigenvalue weighted by atomic mass is 35.5. The molecule has 0 saturated carbocycles. The molecule has 0 bridgehead atoms. The van der Waals surface area contributed by atoms with Crippen LogP contribution in [0.4, 0.5) is 0 Å². The minimum atomic E-state index is 0. The summed E-state index contributed by atoms with van der Waals surface area (Å²) < 4.78 is 6.00. The molecule has 0 spiro atoms. The lowest BCUT2D eigenvalue weighted by atomic mass is 9.99. The number of likely N-dealkylation sites (tertiary alicyclic amines) is 1. The largest absolute Gasteiger partial charge is 0.493 e. The average Bonchev–Trinajstić information content (AvgIpc) is 3.00. The lowest BCUT2D eigenvalue weighted by Gasteiger charge is -2.23. The van der Waals surface area contributed by atoms with Gasteiger partial charge in [0.2, 0.25) is 0 Å². The van der Waals surface area contributed by atoms with E-state index in [1.54, 1.807) is 0 Å². The lowest BCUT2D eigenvalue weighted by molar-refractivity contribution is 0.215. The van der Waals surface area contributed by atoms with Gasteiger partial charge in [0.05, 0.1) is 6.61 Å². The van der Waals surface area contributed by atoms with Gasteiger partial charge in [0.1, 0.15) is 5.75 Å². The van der Waals surface area contributed by atoms with E-state index in [2.05, 4.69) is 34.5 Å². The van der Waals surface area contributed by atoms with Crippen molar-refractivity contribution < 1.29 is 4.74 Å². The number of piperidine rings is 1. The number of rotatable bonds is 5. The zero-order chi connectivity index (χ0) is 13.6. The van der Waals surface area contributed by atoms with E-state index < -0.39 is 0 Å². The quantitative estimate of drug-likeness (QED) is 0.882. The van der Waals surface area contributed by atoms with Crippen LogP contribution in [0.1, 0.15) is 31.2 Å². The minimum absolute atomic E-state index is 0. The van der Waals surface area contributed by atoms with E-state index in [9.17, 15) is 0 Å².